The summed E-state index contributed by atoms with van der Waals surface area (Å²) >= 11 is 0.913. The second kappa shape index (κ2) is 8.25. The smallest absolute Gasteiger partial charge is 0.335 e. The Labute approximate surface area is 125 Å². The molecule has 1 aromatic rings. The maximum absolute atomic E-state index is 13.5. The Morgan fingerprint density at radius 2 is 1.90 bits per heavy atom. The summed E-state index contributed by atoms with van der Waals surface area (Å²) in [7, 11) is 0. The van der Waals surface area contributed by atoms with Crippen LogP contribution in [0, 0.1) is 5.82 Å². The van der Waals surface area contributed by atoms with E-state index in [0.717, 1.165) is 23.9 Å². The molecule has 6 nitrogen and oxygen atoms in total. The largest absolute Gasteiger partial charge is 0.478 e. The molecule has 0 spiro atoms. The molecule has 21 heavy (non-hydrogen) atoms. The lowest BCUT2D eigenvalue weighted by Gasteiger charge is -2.07. The van der Waals surface area contributed by atoms with Gasteiger partial charge in [-0.25, -0.2) is 9.18 Å². The quantitative estimate of drug-likeness (QED) is 0.513. The molecule has 8 heteroatoms. The molecule has 0 saturated heterocycles. The first-order valence-corrected chi connectivity index (χ1v) is 7.05. The van der Waals surface area contributed by atoms with Gasteiger partial charge < -0.3 is 15.7 Å². The highest BCUT2D eigenvalue weighted by Crippen LogP contribution is 2.22. The highest BCUT2D eigenvalue weighted by atomic mass is 32.2. The summed E-state index contributed by atoms with van der Waals surface area (Å²) in [6.07, 6.45) is 0. The number of halogens is 1. The lowest BCUT2D eigenvalue weighted by molar-refractivity contribution is -0.120. The number of aromatic carboxylic acids is 1. The van der Waals surface area contributed by atoms with Crippen molar-refractivity contribution < 1.29 is 23.9 Å². The van der Waals surface area contributed by atoms with Crippen molar-refractivity contribution in [1.82, 2.24) is 10.6 Å². The third-order valence-corrected chi connectivity index (χ3v) is 3.39. The van der Waals surface area contributed by atoms with Gasteiger partial charge in [0.1, 0.15) is 5.82 Å². The Balaban J connectivity index is 2.44. The number of hydrogen-bond donors (Lipinski definition) is 3. The number of nitrogens with one attached hydrogen (secondary N) is 2. The van der Waals surface area contributed by atoms with E-state index in [0.29, 0.717) is 6.54 Å². The van der Waals surface area contributed by atoms with Crippen molar-refractivity contribution in [2.75, 3.05) is 18.8 Å². The van der Waals surface area contributed by atoms with Crippen molar-refractivity contribution in [3.8, 4) is 0 Å². The van der Waals surface area contributed by atoms with Gasteiger partial charge in [-0.2, -0.15) is 0 Å². The van der Waals surface area contributed by atoms with Crippen molar-refractivity contribution >= 4 is 29.5 Å². The average Bonchev–Trinajstić information content (AvgIpc) is 2.42. The molecule has 2 amide bonds. The molecule has 0 aromatic heterocycles. The van der Waals surface area contributed by atoms with Crippen LogP contribution < -0.4 is 10.6 Å². The first-order chi connectivity index (χ1) is 9.90. The van der Waals surface area contributed by atoms with Gasteiger partial charge in [0.25, 0.3) is 0 Å². The van der Waals surface area contributed by atoms with Gasteiger partial charge in [-0.15, -0.1) is 11.8 Å². The number of hydrogen-bond acceptors (Lipinski definition) is 4. The molecule has 0 radical (unpaired) electrons. The van der Waals surface area contributed by atoms with Crippen molar-refractivity contribution in [2.45, 2.75) is 11.8 Å². The Morgan fingerprint density at radius 3 is 2.52 bits per heavy atom. The maximum Gasteiger partial charge on any atom is 0.335 e. The van der Waals surface area contributed by atoms with Gasteiger partial charge in [0, 0.05) is 24.9 Å². The van der Waals surface area contributed by atoms with Crippen LogP contribution in [0.15, 0.2) is 23.1 Å². The number of carboxylic acids is 1. The summed E-state index contributed by atoms with van der Waals surface area (Å²) in [5, 5.41) is 13.9. The van der Waals surface area contributed by atoms with Crippen LogP contribution in [-0.2, 0) is 9.59 Å². The number of carbonyl (C=O) groups excluding carboxylic acids is 2. The zero-order chi connectivity index (χ0) is 15.8. The van der Waals surface area contributed by atoms with Crippen LogP contribution in [0.5, 0.6) is 0 Å². The summed E-state index contributed by atoms with van der Waals surface area (Å²) in [5.41, 5.74) is -0.0371. The first kappa shape index (κ1) is 17.0. The lowest BCUT2D eigenvalue weighted by atomic mass is 10.2. The molecule has 0 saturated carbocycles. The van der Waals surface area contributed by atoms with E-state index in [4.69, 9.17) is 5.11 Å². The summed E-state index contributed by atoms with van der Waals surface area (Å²) in [6.45, 7) is 1.96. The van der Waals surface area contributed by atoms with Gasteiger partial charge in [0.15, 0.2) is 0 Å². The highest BCUT2D eigenvalue weighted by Gasteiger charge is 2.10. The Bertz CT molecular complexity index is 551. The standard InChI is InChI=1S/C13H15FN2O4S/c1-8(17)15-4-5-16-12(18)7-21-11-6-9(13(19)20)2-3-10(11)14/h2-3,6H,4-5,7H2,1H3,(H,15,17)(H,16,18)(H,19,20). The molecule has 0 aliphatic rings. The summed E-state index contributed by atoms with van der Waals surface area (Å²) in [4.78, 5) is 33.0. The molecule has 114 valence electrons. The maximum atomic E-state index is 13.5. The van der Waals surface area contributed by atoms with Gasteiger partial charge in [-0.3, -0.25) is 9.59 Å². The highest BCUT2D eigenvalue weighted by molar-refractivity contribution is 8.00. The van der Waals surface area contributed by atoms with E-state index in [2.05, 4.69) is 10.6 Å². The predicted octanol–water partition coefficient (Wildman–Crippen LogP) is 0.868. The Kier molecular flexibility index (Phi) is 6.67. The van der Waals surface area contributed by atoms with Crippen LogP contribution in [0.4, 0.5) is 4.39 Å². The molecule has 0 aliphatic carbocycles. The molecule has 0 heterocycles. The van der Waals surface area contributed by atoms with E-state index in [1.807, 2.05) is 0 Å². The van der Waals surface area contributed by atoms with E-state index in [1.54, 1.807) is 0 Å². The fourth-order valence-corrected chi connectivity index (χ4v) is 2.19. The van der Waals surface area contributed by atoms with Gasteiger partial charge in [0.05, 0.1) is 11.3 Å². The minimum Gasteiger partial charge on any atom is -0.478 e. The summed E-state index contributed by atoms with van der Waals surface area (Å²) < 4.78 is 13.5. The second-order valence-corrected chi connectivity index (χ2v) is 5.09. The molecule has 0 fully saturated rings. The number of carboxylic acid groups (broad SMARTS) is 1. The van der Waals surface area contributed by atoms with Crippen LogP contribution in [-0.4, -0.2) is 41.7 Å². The SMILES string of the molecule is CC(=O)NCCNC(=O)CSc1cc(C(=O)O)ccc1F. The second-order valence-electron chi connectivity index (χ2n) is 4.07. The number of carbonyl (C=O) groups is 3. The van der Waals surface area contributed by atoms with Gasteiger partial charge in [0.2, 0.25) is 11.8 Å². The molecular formula is C13H15FN2O4S. The zero-order valence-corrected chi connectivity index (χ0v) is 12.1. The van der Waals surface area contributed by atoms with E-state index in [-0.39, 0.29) is 34.6 Å². The monoisotopic (exact) mass is 314 g/mol. The molecule has 0 unspecified atom stereocenters. The van der Waals surface area contributed by atoms with Crippen LogP contribution in [0.2, 0.25) is 0 Å². The predicted molar refractivity (Wildman–Crippen MR) is 75.8 cm³/mol. The van der Waals surface area contributed by atoms with Crippen molar-refractivity contribution in [3.05, 3.63) is 29.6 Å². The molecule has 3 N–H and O–H groups in total. The Hall–Kier alpha value is -2.09. The molecule has 0 atom stereocenters. The van der Waals surface area contributed by atoms with E-state index in [9.17, 15) is 18.8 Å². The van der Waals surface area contributed by atoms with Crippen molar-refractivity contribution in [1.29, 1.82) is 0 Å². The summed E-state index contributed by atoms with van der Waals surface area (Å²) in [5.74, 6) is -2.29. The number of amides is 2. The fraction of sp³-hybridized carbons (Fsp3) is 0.308. The van der Waals surface area contributed by atoms with Crippen LogP contribution >= 0.6 is 11.8 Å². The molecule has 0 bridgehead atoms. The van der Waals surface area contributed by atoms with Crippen LogP contribution in [0.25, 0.3) is 0 Å². The zero-order valence-electron chi connectivity index (χ0n) is 11.3. The molecule has 1 rings (SSSR count). The average molecular weight is 314 g/mol. The third-order valence-electron chi connectivity index (χ3n) is 2.36. The lowest BCUT2D eigenvalue weighted by Crippen LogP contribution is -2.34. The Morgan fingerprint density at radius 1 is 1.24 bits per heavy atom. The van der Waals surface area contributed by atoms with E-state index < -0.39 is 11.8 Å². The van der Waals surface area contributed by atoms with Gasteiger partial charge in [-0.05, 0) is 18.2 Å². The first-order valence-electron chi connectivity index (χ1n) is 6.07. The van der Waals surface area contributed by atoms with Gasteiger partial charge in [-0.1, -0.05) is 0 Å². The number of benzene rings is 1. The van der Waals surface area contributed by atoms with Crippen LogP contribution in [0.3, 0.4) is 0 Å². The number of rotatable bonds is 7. The van der Waals surface area contributed by atoms with E-state index >= 15 is 0 Å². The van der Waals surface area contributed by atoms with Crippen molar-refractivity contribution in [3.63, 3.8) is 0 Å². The molecule has 1 aromatic carbocycles. The molecular weight excluding hydrogens is 299 g/mol. The number of thioether (sulfide) groups is 1. The minimum absolute atomic E-state index is 0.0371. The fourth-order valence-electron chi connectivity index (χ4n) is 1.38. The van der Waals surface area contributed by atoms with Crippen molar-refractivity contribution in [2.24, 2.45) is 0 Å². The van der Waals surface area contributed by atoms with E-state index in [1.165, 1.54) is 13.0 Å². The third kappa shape index (κ3) is 6.26. The van der Waals surface area contributed by atoms with Crippen LogP contribution in [0.1, 0.15) is 17.3 Å². The normalized spacial score (nSPS) is 10.0. The molecule has 0 aliphatic heterocycles. The summed E-state index contributed by atoms with van der Waals surface area (Å²) in [6, 6.07) is 3.41. The minimum atomic E-state index is -1.16. The van der Waals surface area contributed by atoms with Gasteiger partial charge >= 0.3 is 5.97 Å². The topological polar surface area (TPSA) is 95.5 Å².